The normalized spacial score (nSPS) is 11.2. The summed E-state index contributed by atoms with van der Waals surface area (Å²) in [5.74, 6) is 0.544. The zero-order valence-electron chi connectivity index (χ0n) is 11.9. The van der Waals surface area contributed by atoms with Crippen LogP contribution in [0.2, 0.25) is 5.02 Å². The highest BCUT2D eigenvalue weighted by Gasteiger charge is 2.13. The third-order valence-electron chi connectivity index (χ3n) is 3.52. The van der Waals surface area contributed by atoms with Crippen molar-refractivity contribution in [3.05, 3.63) is 64.4 Å². The van der Waals surface area contributed by atoms with Crippen molar-refractivity contribution < 1.29 is 4.79 Å². The van der Waals surface area contributed by atoms with Gasteiger partial charge in [-0.2, -0.15) is 0 Å². The maximum atomic E-state index is 12.4. The van der Waals surface area contributed by atoms with Gasteiger partial charge in [-0.1, -0.05) is 23.7 Å². The van der Waals surface area contributed by atoms with E-state index in [9.17, 15) is 4.79 Å². The maximum absolute atomic E-state index is 12.4. The highest BCUT2D eigenvalue weighted by atomic mass is 35.5. The Balaban J connectivity index is 1.56. The molecule has 23 heavy (non-hydrogen) atoms. The van der Waals surface area contributed by atoms with Crippen molar-refractivity contribution in [2.24, 2.45) is 0 Å². The molecule has 114 valence electrons. The molecule has 0 radical (unpaired) electrons. The van der Waals surface area contributed by atoms with E-state index in [0.717, 1.165) is 15.7 Å². The number of pyridine rings is 1. The third kappa shape index (κ3) is 2.56. The molecule has 0 aliphatic rings. The fourth-order valence-corrected chi connectivity index (χ4v) is 3.68. The topological polar surface area (TPSA) is 59.3 Å². The highest BCUT2D eigenvalue weighted by molar-refractivity contribution is 7.20. The summed E-state index contributed by atoms with van der Waals surface area (Å²) in [7, 11) is 0. The van der Waals surface area contributed by atoms with Crippen molar-refractivity contribution in [1.82, 2.24) is 19.9 Å². The molecule has 0 unspecified atom stereocenters. The van der Waals surface area contributed by atoms with Crippen LogP contribution >= 0.6 is 22.9 Å². The molecule has 3 aromatic heterocycles. The van der Waals surface area contributed by atoms with Crippen LogP contribution in [0.3, 0.4) is 0 Å². The summed E-state index contributed by atoms with van der Waals surface area (Å²) >= 11 is 7.57. The molecule has 5 nitrogen and oxygen atoms in total. The summed E-state index contributed by atoms with van der Waals surface area (Å²) in [4.78, 5) is 13.0. The molecule has 0 aliphatic carbocycles. The number of hydrogen-bond donors (Lipinski definition) is 1. The molecule has 0 saturated heterocycles. The number of thiophene rings is 1. The van der Waals surface area contributed by atoms with E-state index < -0.39 is 0 Å². The third-order valence-corrected chi connectivity index (χ3v) is 4.95. The van der Waals surface area contributed by atoms with Crippen LogP contribution in [0.5, 0.6) is 0 Å². The Morgan fingerprint density at radius 2 is 2.13 bits per heavy atom. The molecular formula is C16H11ClN4OS. The number of hydrogen-bond acceptors (Lipinski definition) is 4. The Morgan fingerprint density at radius 3 is 3.00 bits per heavy atom. The molecule has 0 atom stereocenters. The SMILES string of the molecule is O=C(NCc1nnc2ccccn12)c1cc2c(Cl)cccc2s1. The van der Waals surface area contributed by atoms with Gasteiger partial charge in [-0.3, -0.25) is 9.20 Å². The van der Waals surface area contributed by atoms with Gasteiger partial charge in [-0.05, 0) is 30.3 Å². The number of halogens is 1. The quantitative estimate of drug-likeness (QED) is 0.619. The van der Waals surface area contributed by atoms with Crippen molar-refractivity contribution in [2.75, 3.05) is 0 Å². The molecule has 1 N–H and O–H groups in total. The number of rotatable bonds is 3. The lowest BCUT2D eigenvalue weighted by Crippen LogP contribution is -2.23. The molecule has 0 bridgehead atoms. The van der Waals surface area contributed by atoms with Crippen molar-refractivity contribution in [3.8, 4) is 0 Å². The number of nitrogens with zero attached hydrogens (tertiary/aromatic N) is 3. The van der Waals surface area contributed by atoms with E-state index in [1.807, 2.05) is 53.1 Å². The van der Waals surface area contributed by atoms with Gasteiger partial charge in [0, 0.05) is 21.3 Å². The Bertz CT molecular complexity index is 1020. The number of amides is 1. The first kappa shape index (κ1) is 14.2. The summed E-state index contributed by atoms with van der Waals surface area (Å²) in [5.41, 5.74) is 0.755. The van der Waals surface area contributed by atoms with E-state index in [1.54, 1.807) is 0 Å². The molecule has 7 heteroatoms. The standard InChI is InChI=1S/C16H11ClN4OS/c17-11-4-3-5-12-10(11)8-13(23-12)16(22)18-9-15-20-19-14-6-1-2-7-21(14)15/h1-8H,9H2,(H,18,22). The molecule has 0 spiro atoms. The highest BCUT2D eigenvalue weighted by Crippen LogP contribution is 2.30. The molecule has 4 rings (SSSR count). The molecule has 3 heterocycles. The zero-order chi connectivity index (χ0) is 15.8. The molecule has 0 saturated carbocycles. The maximum Gasteiger partial charge on any atom is 0.261 e. The van der Waals surface area contributed by atoms with Crippen molar-refractivity contribution >= 4 is 44.6 Å². The van der Waals surface area contributed by atoms with Gasteiger partial charge >= 0.3 is 0 Å². The first-order valence-electron chi connectivity index (χ1n) is 6.97. The summed E-state index contributed by atoms with van der Waals surface area (Å²) in [6.07, 6.45) is 1.87. The first-order valence-corrected chi connectivity index (χ1v) is 8.17. The Labute approximate surface area is 140 Å². The van der Waals surface area contributed by atoms with E-state index >= 15 is 0 Å². The first-order chi connectivity index (χ1) is 11.2. The van der Waals surface area contributed by atoms with Crippen LogP contribution in [0.25, 0.3) is 15.7 Å². The van der Waals surface area contributed by atoms with Gasteiger partial charge in [0.25, 0.3) is 5.91 Å². The number of benzene rings is 1. The summed E-state index contributed by atoms with van der Waals surface area (Å²) in [6.45, 7) is 0.311. The van der Waals surface area contributed by atoms with Crippen LogP contribution in [0.1, 0.15) is 15.5 Å². The van der Waals surface area contributed by atoms with Gasteiger partial charge in [-0.25, -0.2) is 0 Å². The van der Waals surface area contributed by atoms with E-state index in [0.29, 0.717) is 22.3 Å². The smallest absolute Gasteiger partial charge is 0.261 e. The lowest BCUT2D eigenvalue weighted by Gasteiger charge is -2.02. The zero-order valence-corrected chi connectivity index (χ0v) is 13.4. The van der Waals surface area contributed by atoms with Gasteiger partial charge in [0.2, 0.25) is 0 Å². The summed E-state index contributed by atoms with van der Waals surface area (Å²) in [5, 5.41) is 12.6. The fraction of sp³-hybridized carbons (Fsp3) is 0.0625. The van der Waals surface area contributed by atoms with Gasteiger partial charge in [0.15, 0.2) is 11.5 Å². The van der Waals surface area contributed by atoms with Crippen LogP contribution in [-0.2, 0) is 6.54 Å². The van der Waals surface area contributed by atoms with Crippen molar-refractivity contribution in [1.29, 1.82) is 0 Å². The van der Waals surface area contributed by atoms with Gasteiger partial charge in [-0.15, -0.1) is 21.5 Å². The molecular weight excluding hydrogens is 332 g/mol. The van der Waals surface area contributed by atoms with Crippen molar-refractivity contribution in [2.45, 2.75) is 6.54 Å². The lowest BCUT2D eigenvalue weighted by atomic mass is 10.2. The van der Waals surface area contributed by atoms with Crippen LogP contribution < -0.4 is 5.32 Å². The molecule has 1 aromatic carbocycles. The number of aromatic nitrogens is 3. The minimum atomic E-state index is -0.144. The average molecular weight is 343 g/mol. The van der Waals surface area contributed by atoms with Crippen LogP contribution in [-0.4, -0.2) is 20.5 Å². The average Bonchev–Trinajstić information content (AvgIpc) is 3.17. The van der Waals surface area contributed by atoms with Gasteiger partial charge in [0.1, 0.15) is 0 Å². The Morgan fingerprint density at radius 1 is 1.22 bits per heavy atom. The van der Waals surface area contributed by atoms with Gasteiger partial charge in [0.05, 0.1) is 11.4 Å². The largest absolute Gasteiger partial charge is 0.344 e. The lowest BCUT2D eigenvalue weighted by molar-refractivity contribution is 0.0954. The van der Waals surface area contributed by atoms with Crippen LogP contribution in [0, 0.1) is 0 Å². The Hall–Kier alpha value is -2.44. The molecule has 1 amide bonds. The number of carbonyl (C=O) groups is 1. The van der Waals surface area contributed by atoms with Crippen LogP contribution in [0.15, 0.2) is 48.7 Å². The second kappa shape index (κ2) is 5.64. The second-order valence-corrected chi connectivity index (χ2v) is 6.48. The predicted molar refractivity (Wildman–Crippen MR) is 91.0 cm³/mol. The predicted octanol–water partition coefficient (Wildman–Crippen LogP) is 3.53. The fourth-order valence-electron chi connectivity index (χ4n) is 2.40. The van der Waals surface area contributed by atoms with Crippen molar-refractivity contribution in [3.63, 3.8) is 0 Å². The number of carbonyl (C=O) groups excluding carboxylic acids is 1. The summed E-state index contributed by atoms with van der Waals surface area (Å²) in [6, 6.07) is 13.1. The minimum Gasteiger partial charge on any atom is -0.344 e. The van der Waals surface area contributed by atoms with E-state index in [2.05, 4.69) is 15.5 Å². The van der Waals surface area contributed by atoms with E-state index in [-0.39, 0.29) is 5.91 Å². The Kier molecular flexibility index (Phi) is 3.48. The van der Waals surface area contributed by atoms with Crippen LogP contribution in [0.4, 0.5) is 0 Å². The monoisotopic (exact) mass is 342 g/mol. The number of nitrogens with one attached hydrogen (secondary N) is 1. The minimum absolute atomic E-state index is 0.144. The van der Waals surface area contributed by atoms with E-state index in [4.69, 9.17) is 11.6 Å². The van der Waals surface area contributed by atoms with Gasteiger partial charge < -0.3 is 5.32 Å². The van der Waals surface area contributed by atoms with E-state index in [1.165, 1.54) is 11.3 Å². The molecule has 0 fully saturated rings. The molecule has 0 aliphatic heterocycles. The molecule has 4 aromatic rings. The summed E-state index contributed by atoms with van der Waals surface area (Å²) < 4.78 is 2.85. The number of fused-ring (bicyclic) bond motifs is 2. The second-order valence-electron chi connectivity index (χ2n) is 4.99.